The minimum absolute atomic E-state index is 0.319. The summed E-state index contributed by atoms with van der Waals surface area (Å²) in [5.41, 5.74) is 0.856. The first-order valence-corrected chi connectivity index (χ1v) is 8.29. The normalized spacial score (nSPS) is 14.7. The summed E-state index contributed by atoms with van der Waals surface area (Å²) in [6, 6.07) is 8.11. The summed E-state index contributed by atoms with van der Waals surface area (Å²) >= 11 is 5.90. The van der Waals surface area contributed by atoms with Crippen LogP contribution in [0.2, 0.25) is 5.02 Å². The van der Waals surface area contributed by atoms with E-state index in [-0.39, 0.29) is 0 Å². The molecule has 0 aliphatic heterocycles. The second-order valence-electron chi connectivity index (χ2n) is 5.46. The molecule has 0 amide bonds. The van der Waals surface area contributed by atoms with Crippen LogP contribution in [0.1, 0.15) is 32.6 Å². The molecule has 0 saturated heterocycles. The van der Waals surface area contributed by atoms with E-state index in [0.717, 1.165) is 18.5 Å². The van der Waals surface area contributed by atoms with Gasteiger partial charge in [-0.1, -0.05) is 24.4 Å². The molecule has 23 heavy (non-hydrogen) atoms. The zero-order valence-electron chi connectivity index (χ0n) is 13.1. The molecule has 1 heterocycles. The molecule has 6 nitrogen and oxygen atoms in total. The van der Waals surface area contributed by atoms with E-state index in [1.165, 1.54) is 12.8 Å². The molecule has 1 aliphatic rings. The van der Waals surface area contributed by atoms with Crippen LogP contribution >= 0.6 is 11.6 Å². The van der Waals surface area contributed by atoms with Gasteiger partial charge in [0, 0.05) is 16.8 Å². The first-order valence-electron chi connectivity index (χ1n) is 7.91. The lowest BCUT2D eigenvalue weighted by atomic mass is 10.3. The van der Waals surface area contributed by atoms with E-state index >= 15 is 0 Å². The van der Waals surface area contributed by atoms with Crippen molar-refractivity contribution in [1.29, 1.82) is 0 Å². The molecule has 7 heteroatoms. The Morgan fingerprint density at radius 2 is 1.78 bits per heavy atom. The highest BCUT2D eigenvalue weighted by Gasteiger charge is 2.17. The standard InChI is InChI=1S/C16H20ClN5O/c1-2-23-16-21-14(18-12-5-3-4-6-12)20-15(22-16)19-13-9-7-11(17)8-10-13/h7-10,12H,2-6H2,1H3,(H2,18,19,20,21,22). The SMILES string of the molecule is CCOc1nc(Nc2ccc(Cl)cc2)nc(NC2CCCC2)n1. The van der Waals surface area contributed by atoms with Gasteiger partial charge in [-0.3, -0.25) is 0 Å². The van der Waals surface area contributed by atoms with Gasteiger partial charge >= 0.3 is 6.01 Å². The van der Waals surface area contributed by atoms with Crippen molar-refractivity contribution >= 4 is 29.2 Å². The Morgan fingerprint density at radius 1 is 1.09 bits per heavy atom. The van der Waals surface area contributed by atoms with Crippen molar-refractivity contribution in [3.05, 3.63) is 29.3 Å². The van der Waals surface area contributed by atoms with Crippen molar-refractivity contribution in [2.75, 3.05) is 17.2 Å². The summed E-state index contributed by atoms with van der Waals surface area (Å²) in [6.45, 7) is 2.41. The van der Waals surface area contributed by atoms with Gasteiger partial charge in [-0.05, 0) is 44.0 Å². The van der Waals surface area contributed by atoms with Gasteiger partial charge in [0.25, 0.3) is 0 Å². The third-order valence-corrected chi connectivity index (χ3v) is 3.93. The Kier molecular flexibility index (Phi) is 5.12. The highest BCUT2D eigenvalue weighted by atomic mass is 35.5. The number of nitrogens with zero attached hydrogens (tertiary/aromatic N) is 3. The number of benzene rings is 1. The van der Waals surface area contributed by atoms with Crippen molar-refractivity contribution in [2.24, 2.45) is 0 Å². The minimum Gasteiger partial charge on any atom is -0.464 e. The van der Waals surface area contributed by atoms with Crippen molar-refractivity contribution in [3.63, 3.8) is 0 Å². The number of nitrogens with one attached hydrogen (secondary N) is 2. The van der Waals surface area contributed by atoms with Crippen LogP contribution < -0.4 is 15.4 Å². The average Bonchev–Trinajstić information content (AvgIpc) is 3.03. The van der Waals surface area contributed by atoms with Crippen molar-refractivity contribution in [2.45, 2.75) is 38.6 Å². The van der Waals surface area contributed by atoms with E-state index in [1.807, 2.05) is 31.2 Å². The number of rotatable bonds is 6. The molecule has 1 fully saturated rings. The zero-order chi connectivity index (χ0) is 16.1. The number of ether oxygens (including phenoxy) is 1. The van der Waals surface area contributed by atoms with E-state index < -0.39 is 0 Å². The van der Waals surface area contributed by atoms with Crippen molar-refractivity contribution in [3.8, 4) is 6.01 Å². The number of hydrogen-bond acceptors (Lipinski definition) is 6. The van der Waals surface area contributed by atoms with Crippen molar-refractivity contribution < 1.29 is 4.74 Å². The molecular formula is C16H20ClN5O. The van der Waals surface area contributed by atoms with Gasteiger partial charge in [-0.2, -0.15) is 15.0 Å². The molecule has 1 saturated carbocycles. The van der Waals surface area contributed by atoms with E-state index in [9.17, 15) is 0 Å². The molecule has 122 valence electrons. The molecule has 1 aromatic carbocycles. The first kappa shape index (κ1) is 15.8. The molecule has 0 unspecified atom stereocenters. The fourth-order valence-corrected chi connectivity index (χ4v) is 2.71. The van der Waals surface area contributed by atoms with E-state index in [0.29, 0.717) is 35.6 Å². The Bertz CT molecular complexity index is 643. The summed E-state index contributed by atoms with van der Waals surface area (Å²) in [5, 5.41) is 7.21. The van der Waals surface area contributed by atoms with Crippen LogP contribution in [0.15, 0.2) is 24.3 Å². The Hall–Kier alpha value is -2.08. The van der Waals surface area contributed by atoms with E-state index in [2.05, 4.69) is 25.6 Å². The zero-order valence-corrected chi connectivity index (χ0v) is 13.8. The summed E-state index contributed by atoms with van der Waals surface area (Å²) in [6.07, 6.45) is 4.79. The quantitative estimate of drug-likeness (QED) is 0.831. The van der Waals surface area contributed by atoms with Crippen LogP contribution in [0.25, 0.3) is 0 Å². The molecule has 2 aromatic rings. The summed E-state index contributed by atoms with van der Waals surface area (Å²) in [5.74, 6) is 0.998. The van der Waals surface area contributed by atoms with Gasteiger partial charge in [0.05, 0.1) is 6.61 Å². The second kappa shape index (κ2) is 7.46. The molecule has 0 bridgehead atoms. The summed E-state index contributed by atoms with van der Waals surface area (Å²) in [7, 11) is 0. The van der Waals surface area contributed by atoms with Gasteiger partial charge in [0.2, 0.25) is 11.9 Å². The monoisotopic (exact) mass is 333 g/mol. The van der Waals surface area contributed by atoms with E-state index in [1.54, 1.807) is 0 Å². The lowest BCUT2D eigenvalue weighted by Gasteiger charge is -2.14. The van der Waals surface area contributed by atoms with Gasteiger partial charge < -0.3 is 15.4 Å². The van der Waals surface area contributed by atoms with Crippen LogP contribution in [0.4, 0.5) is 17.6 Å². The maximum atomic E-state index is 5.90. The molecule has 0 radical (unpaired) electrons. The topological polar surface area (TPSA) is 72.0 Å². The van der Waals surface area contributed by atoms with Crippen LogP contribution in [0.3, 0.4) is 0 Å². The largest absolute Gasteiger partial charge is 0.464 e. The van der Waals surface area contributed by atoms with Gasteiger partial charge in [0.15, 0.2) is 0 Å². The maximum absolute atomic E-state index is 5.90. The number of anilines is 3. The molecule has 0 spiro atoms. The van der Waals surface area contributed by atoms with Gasteiger partial charge in [-0.25, -0.2) is 0 Å². The summed E-state index contributed by atoms with van der Waals surface area (Å²) < 4.78 is 5.45. The molecule has 1 aliphatic carbocycles. The average molecular weight is 334 g/mol. The predicted molar refractivity (Wildman–Crippen MR) is 91.6 cm³/mol. The van der Waals surface area contributed by atoms with Crippen LogP contribution in [0, 0.1) is 0 Å². The van der Waals surface area contributed by atoms with Crippen LogP contribution in [-0.2, 0) is 0 Å². The second-order valence-corrected chi connectivity index (χ2v) is 5.89. The van der Waals surface area contributed by atoms with Crippen LogP contribution in [-0.4, -0.2) is 27.6 Å². The van der Waals surface area contributed by atoms with Crippen LogP contribution in [0.5, 0.6) is 6.01 Å². The highest BCUT2D eigenvalue weighted by Crippen LogP contribution is 2.23. The number of halogens is 1. The maximum Gasteiger partial charge on any atom is 0.323 e. The summed E-state index contributed by atoms with van der Waals surface area (Å²) in [4.78, 5) is 13.1. The molecular weight excluding hydrogens is 314 g/mol. The third-order valence-electron chi connectivity index (χ3n) is 3.68. The minimum atomic E-state index is 0.319. The predicted octanol–water partition coefficient (Wildman–Crippen LogP) is 4.02. The highest BCUT2D eigenvalue weighted by molar-refractivity contribution is 6.30. The number of hydrogen-bond donors (Lipinski definition) is 2. The first-order chi connectivity index (χ1) is 11.2. The van der Waals surface area contributed by atoms with Gasteiger partial charge in [-0.15, -0.1) is 0 Å². The lowest BCUT2D eigenvalue weighted by Crippen LogP contribution is -2.18. The molecule has 2 N–H and O–H groups in total. The smallest absolute Gasteiger partial charge is 0.323 e. The fraction of sp³-hybridized carbons (Fsp3) is 0.438. The number of aromatic nitrogens is 3. The van der Waals surface area contributed by atoms with Crippen molar-refractivity contribution in [1.82, 2.24) is 15.0 Å². The third kappa shape index (κ3) is 4.45. The molecule has 1 aromatic heterocycles. The Balaban J connectivity index is 1.79. The molecule has 0 atom stereocenters. The molecule has 3 rings (SSSR count). The lowest BCUT2D eigenvalue weighted by molar-refractivity contribution is 0.312. The Morgan fingerprint density at radius 3 is 2.48 bits per heavy atom. The fourth-order valence-electron chi connectivity index (χ4n) is 2.59. The Labute approximate surface area is 140 Å². The van der Waals surface area contributed by atoms with Gasteiger partial charge in [0.1, 0.15) is 0 Å². The van der Waals surface area contributed by atoms with E-state index in [4.69, 9.17) is 16.3 Å².